The zero-order chi connectivity index (χ0) is 23.1. The Labute approximate surface area is 197 Å². The Morgan fingerprint density at radius 1 is 0.968 bits per heavy atom. The molecule has 0 aliphatic carbocycles. The summed E-state index contributed by atoms with van der Waals surface area (Å²) in [4.78, 5) is 27.7. The van der Waals surface area contributed by atoms with Crippen molar-refractivity contribution in [3.8, 4) is 0 Å². The van der Waals surface area contributed by atoms with Crippen molar-refractivity contribution in [3.05, 3.63) is 68.4 Å². The van der Waals surface area contributed by atoms with Crippen LogP contribution in [0.2, 0.25) is 15.1 Å². The molecule has 2 rings (SSSR count). The van der Waals surface area contributed by atoms with Crippen LogP contribution in [0.3, 0.4) is 0 Å². The summed E-state index contributed by atoms with van der Waals surface area (Å²) in [6, 6.07) is 8.45. The van der Waals surface area contributed by atoms with Gasteiger partial charge >= 0.3 is 0 Å². The van der Waals surface area contributed by atoms with Crippen molar-refractivity contribution in [2.75, 3.05) is 0 Å². The maximum atomic E-state index is 14.3. The summed E-state index contributed by atoms with van der Waals surface area (Å²) in [5, 5.41) is 3.83. The Morgan fingerprint density at radius 2 is 1.52 bits per heavy atom. The highest BCUT2D eigenvalue weighted by Crippen LogP contribution is 2.28. The van der Waals surface area contributed by atoms with Crippen LogP contribution >= 0.6 is 34.8 Å². The maximum absolute atomic E-state index is 14.3. The van der Waals surface area contributed by atoms with E-state index in [0.717, 1.165) is 6.42 Å². The average Bonchev–Trinajstić information content (AvgIpc) is 2.72. The first-order chi connectivity index (χ1) is 14.7. The lowest BCUT2D eigenvalue weighted by molar-refractivity contribution is -0.141. The third-order valence-corrected chi connectivity index (χ3v) is 6.23. The predicted molar refractivity (Wildman–Crippen MR) is 124 cm³/mol. The Hall–Kier alpha value is -1.82. The minimum Gasteiger partial charge on any atom is -0.352 e. The second-order valence-electron chi connectivity index (χ2n) is 7.34. The minimum absolute atomic E-state index is 0.00977. The van der Waals surface area contributed by atoms with E-state index in [9.17, 15) is 14.0 Å². The SMILES string of the molecule is CC[C@H](C(=O)N[C@@H](C)CC)N(Cc1c(Cl)cccc1Cl)C(=O)Cc1c(F)cccc1Cl. The Balaban J connectivity index is 2.43. The van der Waals surface area contributed by atoms with Gasteiger partial charge in [0.05, 0.1) is 6.42 Å². The lowest BCUT2D eigenvalue weighted by atomic mass is 10.1. The topological polar surface area (TPSA) is 49.4 Å². The third-order valence-electron chi connectivity index (χ3n) is 5.17. The summed E-state index contributed by atoms with van der Waals surface area (Å²) in [5.74, 6) is -1.31. The van der Waals surface area contributed by atoms with Gasteiger partial charge in [-0.3, -0.25) is 9.59 Å². The van der Waals surface area contributed by atoms with Crippen molar-refractivity contribution < 1.29 is 14.0 Å². The largest absolute Gasteiger partial charge is 0.352 e. The molecule has 0 radical (unpaired) electrons. The van der Waals surface area contributed by atoms with Crippen LogP contribution in [0.5, 0.6) is 0 Å². The van der Waals surface area contributed by atoms with Gasteiger partial charge < -0.3 is 10.2 Å². The fourth-order valence-electron chi connectivity index (χ4n) is 3.17. The van der Waals surface area contributed by atoms with Gasteiger partial charge in [0.2, 0.25) is 11.8 Å². The van der Waals surface area contributed by atoms with E-state index in [0.29, 0.717) is 22.0 Å². The van der Waals surface area contributed by atoms with Crippen LogP contribution in [0, 0.1) is 5.82 Å². The fourth-order valence-corrected chi connectivity index (χ4v) is 3.92. The first kappa shape index (κ1) is 25.4. The Kier molecular flexibility index (Phi) is 9.60. The number of hydrogen-bond donors (Lipinski definition) is 1. The van der Waals surface area contributed by atoms with Crippen molar-refractivity contribution in [2.45, 2.75) is 58.7 Å². The minimum atomic E-state index is -0.778. The first-order valence-electron chi connectivity index (χ1n) is 10.1. The van der Waals surface area contributed by atoms with E-state index < -0.39 is 17.8 Å². The molecule has 8 heteroatoms. The second kappa shape index (κ2) is 11.7. The van der Waals surface area contributed by atoms with Gasteiger partial charge in [0.1, 0.15) is 11.9 Å². The van der Waals surface area contributed by atoms with Crippen LogP contribution < -0.4 is 5.32 Å². The summed E-state index contributed by atoms with van der Waals surface area (Å²) in [7, 11) is 0. The molecule has 1 N–H and O–H groups in total. The summed E-state index contributed by atoms with van der Waals surface area (Å²) >= 11 is 18.8. The van der Waals surface area contributed by atoms with Gasteiger partial charge in [-0.15, -0.1) is 0 Å². The molecule has 0 heterocycles. The standard InChI is InChI=1S/C23H26Cl3FN2O2/c1-4-14(3)28-23(31)21(5-2)29(13-16-18(25)8-6-9-19(16)26)22(30)12-15-17(24)10-7-11-20(15)27/h6-11,14,21H,4-5,12-13H2,1-3H3,(H,28,31)/t14-,21+/m0/s1. The zero-order valence-corrected chi connectivity index (χ0v) is 20.0. The summed E-state index contributed by atoms with van der Waals surface area (Å²) in [6.45, 7) is 5.67. The highest BCUT2D eigenvalue weighted by molar-refractivity contribution is 6.36. The van der Waals surface area contributed by atoms with Gasteiger partial charge in [-0.1, -0.05) is 60.8 Å². The van der Waals surface area contributed by atoms with E-state index in [1.54, 1.807) is 18.2 Å². The van der Waals surface area contributed by atoms with Crippen molar-refractivity contribution in [1.82, 2.24) is 10.2 Å². The van der Waals surface area contributed by atoms with Crippen LogP contribution in [0.25, 0.3) is 0 Å². The molecule has 168 valence electrons. The zero-order valence-electron chi connectivity index (χ0n) is 17.7. The Morgan fingerprint density at radius 3 is 2.03 bits per heavy atom. The monoisotopic (exact) mass is 486 g/mol. The molecular weight excluding hydrogens is 462 g/mol. The second-order valence-corrected chi connectivity index (χ2v) is 8.56. The number of benzene rings is 2. The number of nitrogens with one attached hydrogen (secondary N) is 1. The van der Waals surface area contributed by atoms with Crippen LogP contribution in [0.1, 0.15) is 44.7 Å². The van der Waals surface area contributed by atoms with Crippen LogP contribution in [0.4, 0.5) is 4.39 Å². The number of nitrogens with zero attached hydrogens (tertiary/aromatic N) is 1. The van der Waals surface area contributed by atoms with E-state index in [1.807, 2.05) is 20.8 Å². The van der Waals surface area contributed by atoms with Gasteiger partial charge in [-0.25, -0.2) is 4.39 Å². The molecule has 2 atom stereocenters. The van der Waals surface area contributed by atoms with Gasteiger partial charge in [0, 0.05) is 38.8 Å². The quantitative estimate of drug-likeness (QED) is 0.468. The van der Waals surface area contributed by atoms with E-state index >= 15 is 0 Å². The molecule has 2 aromatic carbocycles. The number of halogens is 4. The molecule has 4 nitrogen and oxygen atoms in total. The van der Waals surface area contributed by atoms with Crippen molar-refractivity contribution in [2.24, 2.45) is 0 Å². The van der Waals surface area contributed by atoms with Gasteiger partial charge in [0.25, 0.3) is 0 Å². The lowest BCUT2D eigenvalue weighted by Crippen LogP contribution is -2.51. The lowest BCUT2D eigenvalue weighted by Gasteiger charge is -2.32. The predicted octanol–water partition coefficient (Wildman–Crippen LogP) is 6.05. The maximum Gasteiger partial charge on any atom is 0.243 e. The molecule has 0 aliphatic heterocycles. The van der Waals surface area contributed by atoms with Crippen LogP contribution in [-0.4, -0.2) is 28.8 Å². The summed E-state index contributed by atoms with van der Waals surface area (Å²) in [6.07, 6.45) is 0.819. The number of carbonyl (C=O) groups excluding carboxylic acids is 2. The van der Waals surface area contributed by atoms with E-state index in [4.69, 9.17) is 34.8 Å². The fraction of sp³-hybridized carbons (Fsp3) is 0.391. The van der Waals surface area contributed by atoms with Crippen molar-refractivity contribution in [3.63, 3.8) is 0 Å². The molecule has 0 aromatic heterocycles. The molecule has 0 spiro atoms. The molecule has 0 bridgehead atoms. The molecule has 0 fully saturated rings. The number of carbonyl (C=O) groups is 2. The van der Waals surface area contributed by atoms with Gasteiger partial charge in [-0.05, 0) is 44.0 Å². The molecule has 0 saturated carbocycles. The molecule has 31 heavy (non-hydrogen) atoms. The molecule has 0 saturated heterocycles. The number of amides is 2. The molecule has 0 unspecified atom stereocenters. The highest BCUT2D eigenvalue weighted by atomic mass is 35.5. The van der Waals surface area contributed by atoms with Crippen LogP contribution in [-0.2, 0) is 22.6 Å². The first-order valence-corrected chi connectivity index (χ1v) is 11.3. The Bertz CT molecular complexity index is 899. The third kappa shape index (κ3) is 6.58. The van der Waals surface area contributed by atoms with Gasteiger partial charge in [0.15, 0.2) is 0 Å². The van der Waals surface area contributed by atoms with E-state index in [1.165, 1.54) is 23.1 Å². The molecular formula is C23H26Cl3FN2O2. The summed E-state index contributed by atoms with van der Waals surface area (Å²) < 4.78 is 14.3. The normalized spacial score (nSPS) is 12.9. The van der Waals surface area contributed by atoms with Gasteiger partial charge in [-0.2, -0.15) is 0 Å². The smallest absolute Gasteiger partial charge is 0.243 e. The molecule has 0 aliphatic rings. The molecule has 2 amide bonds. The summed E-state index contributed by atoms with van der Waals surface area (Å²) in [5.41, 5.74) is 0.607. The highest BCUT2D eigenvalue weighted by Gasteiger charge is 2.31. The number of hydrogen-bond acceptors (Lipinski definition) is 2. The number of rotatable bonds is 9. The van der Waals surface area contributed by atoms with Crippen molar-refractivity contribution in [1.29, 1.82) is 0 Å². The average molecular weight is 488 g/mol. The molecule has 2 aromatic rings. The van der Waals surface area contributed by atoms with E-state index in [2.05, 4.69) is 5.32 Å². The van der Waals surface area contributed by atoms with Crippen LogP contribution in [0.15, 0.2) is 36.4 Å². The van der Waals surface area contributed by atoms with Crippen molar-refractivity contribution >= 4 is 46.6 Å². The van der Waals surface area contributed by atoms with E-state index in [-0.39, 0.29) is 35.5 Å².